The topological polar surface area (TPSA) is 271 Å². The van der Waals surface area contributed by atoms with Crippen LogP contribution in [0.4, 0.5) is 0 Å². The monoisotopic (exact) mass is 768 g/mol. The lowest BCUT2D eigenvalue weighted by molar-refractivity contribution is -0.165. The molecule has 17 nitrogen and oxygen atoms in total. The molecule has 0 aliphatic heterocycles. The Labute approximate surface area is 317 Å². The molecule has 17 heteroatoms. The van der Waals surface area contributed by atoms with Crippen molar-refractivity contribution in [1.29, 1.82) is 0 Å². The van der Waals surface area contributed by atoms with Gasteiger partial charge in [-0.15, -0.1) is 0 Å². The summed E-state index contributed by atoms with van der Waals surface area (Å²) in [5, 5.41) is 65.5. The molecule has 2 rings (SSSR count). The first-order chi connectivity index (χ1) is 25.8. The van der Waals surface area contributed by atoms with E-state index in [0.29, 0.717) is 10.1 Å². The molecule has 0 heterocycles. The highest BCUT2D eigenvalue weighted by Gasteiger charge is 2.45. The van der Waals surface area contributed by atoms with Crippen LogP contribution >= 0.6 is 0 Å². The number of carboxylic acids is 3. The standard InChI is InChI=1S/C38H48N4O13/c1-36(33(47)48,21-9-11-23-41(54)31(45)19-17-27-13-5-3-6-14-27)39-29(43)25-38(53,35(51)52)26-30(44)40-37(2,34(49)50)22-10-12-24-42(55)32(46)20-18-28-15-7-4-8-16-28/h3-8,13-20,53-55H,9-12,21-26H2,1-2H3,(H,39,43)(H,40,44)(H,47,48)(H,49,50)(H,51,52). The summed E-state index contributed by atoms with van der Waals surface area (Å²) in [6.07, 6.45) is 2.71. The van der Waals surface area contributed by atoms with Gasteiger partial charge < -0.3 is 31.1 Å². The molecule has 0 fully saturated rings. The Kier molecular flexibility index (Phi) is 17.4. The number of hydrogen-bond donors (Lipinski definition) is 8. The van der Waals surface area contributed by atoms with E-state index in [4.69, 9.17) is 0 Å². The van der Waals surface area contributed by atoms with Crippen LogP contribution in [0, 0.1) is 0 Å². The summed E-state index contributed by atoms with van der Waals surface area (Å²) in [4.78, 5) is 86.4. The summed E-state index contributed by atoms with van der Waals surface area (Å²) in [6, 6.07) is 17.7. The number of aliphatic hydroxyl groups is 1. The molecule has 2 unspecified atom stereocenters. The number of carboxylic acid groups (broad SMARTS) is 3. The van der Waals surface area contributed by atoms with Gasteiger partial charge in [0.2, 0.25) is 11.8 Å². The number of aliphatic carboxylic acids is 3. The van der Waals surface area contributed by atoms with Gasteiger partial charge in [-0.25, -0.2) is 24.5 Å². The summed E-state index contributed by atoms with van der Waals surface area (Å²) in [6.45, 7) is 1.93. The molecule has 0 aliphatic rings. The third-order valence-electron chi connectivity index (χ3n) is 8.62. The zero-order valence-corrected chi connectivity index (χ0v) is 30.6. The number of carbonyl (C=O) groups is 7. The average molecular weight is 769 g/mol. The first-order valence-electron chi connectivity index (χ1n) is 17.3. The Morgan fingerprint density at radius 1 is 0.582 bits per heavy atom. The lowest BCUT2D eigenvalue weighted by Gasteiger charge is -2.30. The molecular weight excluding hydrogens is 720 g/mol. The van der Waals surface area contributed by atoms with Crippen molar-refractivity contribution in [2.45, 2.75) is 81.9 Å². The van der Waals surface area contributed by atoms with Gasteiger partial charge in [-0.05, 0) is 75.7 Å². The fourth-order valence-corrected chi connectivity index (χ4v) is 5.23. The van der Waals surface area contributed by atoms with Crippen molar-refractivity contribution in [2.24, 2.45) is 0 Å². The smallest absolute Gasteiger partial charge is 0.336 e. The second-order valence-electron chi connectivity index (χ2n) is 13.4. The van der Waals surface area contributed by atoms with Gasteiger partial charge in [0.15, 0.2) is 5.60 Å². The van der Waals surface area contributed by atoms with Gasteiger partial charge in [0.05, 0.1) is 12.8 Å². The zero-order valence-electron chi connectivity index (χ0n) is 30.6. The van der Waals surface area contributed by atoms with E-state index in [2.05, 4.69) is 10.6 Å². The number of hydrogen-bond acceptors (Lipinski definition) is 10. The number of unbranched alkanes of at least 4 members (excludes halogenated alkanes) is 2. The van der Waals surface area contributed by atoms with Crippen molar-refractivity contribution in [3.05, 3.63) is 83.9 Å². The maximum Gasteiger partial charge on any atom is 0.336 e. The molecule has 0 aliphatic carbocycles. The summed E-state index contributed by atoms with van der Waals surface area (Å²) in [5.74, 6) is -8.92. The Morgan fingerprint density at radius 3 is 1.24 bits per heavy atom. The minimum absolute atomic E-state index is 0.0765. The van der Waals surface area contributed by atoms with Crippen molar-refractivity contribution in [2.75, 3.05) is 13.1 Å². The van der Waals surface area contributed by atoms with E-state index in [0.717, 1.165) is 37.1 Å². The average Bonchev–Trinajstić information content (AvgIpc) is 3.13. The van der Waals surface area contributed by atoms with E-state index in [1.165, 1.54) is 12.2 Å². The molecule has 4 amide bonds. The molecule has 0 spiro atoms. The van der Waals surface area contributed by atoms with Gasteiger partial charge in [0.25, 0.3) is 11.8 Å². The third-order valence-corrected chi connectivity index (χ3v) is 8.62. The number of nitrogens with zero attached hydrogens (tertiary/aromatic N) is 2. The van der Waals surface area contributed by atoms with Crippen LogP contribution in [-0.2, 0) is 33.6 Å². The molecule has 0 aromatic heterocycles. The SMILES string of the molecule is CC(CCCCN(O)C(=O)C=Cc1ccccc1)(NC(=O)CC(O)(CC(=O)NC(C)(CCCCN(O)C(=O)C=Cc1ccccc1)C(=O)O)C(=O)O)C(=O)O. The van der Waals surface area contributed by atoms with Crippen molar-refractivity contribution >= 4 is 53.7 Å². The lowest BCUT2D eigenvalue weighted by Crippen LogP contribution is -2.57. The second-order valence-corrected chi connectivity index (χ2v) is 13.4. The molecule has 2 atom stereocenters. The summed E-state index contributed by atoms with van der Waals surface area (Å²) >= 11 is 0. The van der Waals surface area contributed by atoms with E-state index in [9.17, 15) is 64.4 Å². The van der Waals surface area contributed by atoms with Crippen molar-refractivity contribution in [3.63, 3.8) is 0 Å². The molecule has 0 radical (unpaired) electrons. The Hall–Kier alpha value is -5.91. The maximum atomic E-state index is 12.9. The van der Waals surface area contributed by atoms with Crippen LogP contribution in [0.2, 0.25) is 0 Å². The normalized spacial score (nSPS) is 14.6. The van der Waals surface area contributed by atoms with E-state index >= 15 is 0 Å². The first kappa shape index (κ1) is 45.2. The predicted octanol–water partition coefficient (Wildman–Crippen LogP) is 2.70. The largest absolute Gasteiger partial charge is 0.480 e. The number of rotatable bonds is 23. The van der Waals surface area contributed by atoms with E-state index in [-0.39, 0.29) is 51.6 Å². The molecule has 0 saturated heterocycles. The molecule has 2 aromatic carbocycles. The first-order valence-corrected chi connectivity index (χ1v) is 17.3. The third kappa shape index (κ3) is 15.2. The van der Waals surface area contributed by atoms with Gasteiger partial charge in [-0.2, -0.15) is 0 Å². The van der Waals surface area contributed by atoms with Crippen molar-refractivity contribution < 1.29 is 64.4 Å². The fraction of sp³-hybridized carbons (Fsp3) is 0.395. The highest BCUT2D eigenvalue weighted by molar-refractivity contribution is 5.95. The van der Waals surface area contributed by atoms with Crippen LogP contribution in [0.1, 0.15) is 76.3 Å². The van der Waals surface area contributed by atoms with Crippen LogP contribution in [0.3, 0.4) is 0 Å². The van der Waals surface area contributed by atoms with E-state index in [1.807, 2.05) is 0 Å². The van der Waals surface area contributed by atoms with Crippen molar-refractivity contribution in [1.82, 2.24) is 20.8 Å². The maximum absolute atomic E-state index is 12.9. The lowest BCUT2D eigenvalue weighted by atomic mass is 9.90. The Balaban J connectivity index is 1.91. The van der Waals surface area contributed by atoms with Crippen LogP contribution < -0.4 is 10.6 Å². The summed E-state index contributed by atoms with van der Waals surface area (Å²) in [5.41, 5.74) is -5.57. The van der Waals surface area contributed by atoms with Crippen LogP contribution in [0.5, 0.6) is 0 Å². The van der Waals surface area contributed by atoms with Gasteiger partial charge >= 0.3 is 17.9 Å². The quantitative estimate of drug-likeness (QED) is 0.0350. The zero-order chi connectivity index (χ0) is 41.2. The highest BCUT2D eigenvalue weighted by Crippen LogP contribution is 2.22. The minimum Gasteiger partial charge on any atom is -0.480 e. The van der Waals surface area contributed by atoms with E-state index in [1.54, 1.807) is 60.7 Å². The number of carbonyl (C=O) groups excluding carboxylic acids is 4. The van der Waals surface area contributed by atoms with Gasteiger partial charge in [-0.3, -0.25) is 29.6 Å². The van der Waals surface area contributed by atoms with Crippen molar-refractivity contribution in [3.8, 4) is 0 Å². The van der Waals surface area contributed by atoms with Crippen LogP contribution in [-0.4, -0.2) is 112 Å². The molecule has 0 bridgehead atoms. The Bertz CT molecular complexity index is 1600. The number of amides is 4. The van der Waals surface area contributed by atoms with Crippen LogP contribution in [0.25, 0.3) is 12.2 Å². The molecule has 298 valence electrons. The highest BCUT2D eigenvalue weighted by atomic mass is 16.5. The van der Waals surface area contributed by atoms with E-state index < -0.39 is 71.1 Å². The molecule has 0 saturated carbocycles. The molecule has 2 aromatic rings. The Morgan fingerprint density at radius 2 is 0.927 bits per heavy atom. The number of hydroxylamine groups is 4. The molecule has 8 N–H and O–H groups in total. The van der Waals surface area contributed by atoms with Crippen LogP contribution in [0.15, 0.2) is 72.8 Å². The fourth-order valence-electron chi connectivity index (χ4n) is 5.23. The number of nitrogens with one attached hydrogen (secondary N) is 2. The molecular formula is C38H48N4O13. The summed E-state index contributed by atoms with van der Waals surface area (Å²) in [7, 11) is 0. The second kappa shape index (κ2) is 21.1. The van der Waals surface area contributed by atoms with Gasteiger partial charge in [-0.1, -0.05) is 60.7 Å². The van der Waals surface area contributed by atoms with Gasteiger partial charge in [0.1, 0.15) is 11.1 Å². The van der Waals surface area contributed by atoms with Gasteiger partial charge in [0, 0.05) is 25.2 Å². The predicted molar refractivity (Wildman–Crippen MR) is 196 cm³/mol. The number of benzene rings is 2. The minimum atomic E-state index is -3.07. The summed E-state index contributed by atoms with van der Waals surface area (Å²) < 4.78 is 0. The molecule has 55 heavy (non-hydrogen) atoms.